The van der Waals surface area contributed by atoms with Crippen LogP contribution in [-0.4, -0.2) is 13.1 Å². The second kappa shape index (κ2) is 6.37. The third-order valence-corrected chi connectivity index (χ3v) is 4.50. The van der Waals surface area contributed by atoms with Gasteiger partial charge in [-0.3, -0.25) is 0 Å². The number of thiophene rings is 1. The van der Waals surface area contributed by atoms with E-state index in [9.17, 15) is 4.39 Å². The molecule has 1 heterocycles. The molecule has 0 aliphatic heterocycles. The fourth-order valence-electron chi connectivity index (χ4n) is 2.38. The number of nitrogens with two attached hydrogens (primary N) is 1. The van der Waals surface area contributed by atoms with Crippen LogP contribution < -0.4 is 10.6 Å². The minimum absolute atomic E-state index is 0.229. The fraction of sp³-hybridized carbons (Fsp3) is 0.375. The maximum atomic E-state index is 14.0. The Kier molecular flexibility index (Phi) is 4.78. The lowest BCUT2D eigenvalue weighted by Gasteiger charge is -2.30. The molecule has 1 unspecified atom stereocenters. The quantitative estimate of drug-likeness (QED) is 0.903. The first-order valence-corrected chi connectivity index (χ1v) is 7.68. The molecule has 0 spiro atoms. The molecule has 0 radical (unpaired) electrons. The minimum atomic E-state index is -0.317. The summed E-state index contributed by atoms with van der Waals surface area (Å²) in [5.41, 5.74) is 7.39. The zero-order valence-corrected chi connectivity index (χ0v) is 13.0. The van der Waals surface area contributed by atoms with Crippen LogP contribution in [0.3, 0.4) is 0 Å². The topological polar surface area (TPSA) is 29.3 Å². The summed E-state index contributed by atoms with van der Waals surface area (Å²) in [5, 5.41) is 2.08. The van der Waals surface area contributed by atoms with Crippen LogP contribution in [0, 0.1) is 5.82 Å². The Labute approximate surface area is 124 Å². The lowest BCUT2D eigenvalue weighted by atomic mass is 10.0. The Morgan fingerprint density at radius 2 is 2.00 bits per heavy atom. The van der Waals surface area contributed by atoms with Crippen molar-refractivity contribution in [2.45, 2.75) is 32.4 Å². The second-order valence-corrected chi connectivity index (χ2v) is 6.24. The maximum Gasteiger partial charge on any atom is 0.130 e. The minimum Gasteiger partial charge on any atom is -0.371 e. The summed E-state index contributed by atoms with van der Waals surface area (Å²) in [6.45, 7) is 3.97. The molecule has 20 heavy (non-hydrogen) atoms. The first-order valence-electron chi connectivity index (χ1n) is 6.80. The summed E-state index contributed by atoms with van der Waals surface area (Å²) >= 11 is 1.75. The highest BCUT2D eigenvalue weighted by Crippen LogP contribution is 2.29. The van der Waals surface area contributed by atoms with E-state index in [-0.39, 0.29) is 17.9 Å². The lowest BCUT2D eigenvalue weighted by molar-refractivity contribution is 0.588. The number of hydrogen-bond acceptors (Lipinski definition) is 3. The van der Waals surface area contributed by atoms with Gasteiger partial charge in [0.25, 0.3) is 0 Å². The number of likely N-dealkylation sites (N-methyl/N-ethyl adjacent to an activating group) is 1. The molecule has 1 aromatic carbocycles. The van der Waals surface area contributed by atoms with E-state index < -0.39 is 0 Å². The van der Waals surface area contributed by atoms with E-state index in [0.29, 0.717) is 5.56 Å². The molecule has 0 aliphatic carbocycles. The second-order valence-electron chi connectivity index (χ2n) is 5.20. The third kappa shape index (κ3) is 3.19. The van der Waals surface area contributed by atoms with Crippen LogP contribution in [0.4, 0.5) is 10.1 Å². The molecular formula is C16H21FN2S. The monoisotopic (exact) mass is 292 g/mol. The Morgan fingerprint density at radius 3 is 2.60 bits per heavy atom. The normalized spacial score (nSPS) is 14.1. The van der Waals surface area contributed by atoms with Crippen molar-refractivity contribution in [3.63, 3.8) is 0 Å². The average Bonchev–Trinajstić information content (AvgIpc) is 2.89. The lowest BCUT2D eigenvalue weighted by Crippen LogP contribution is -2.32. The number of hydrogen-bond donors (Lipinski definition) is 1. The Hall–Kier alpha value is -1.39. The zero-order valence-electron chi connectivity index (χ0n) is 12.1. The van der Waals surface area contributed by atoms with Gasteiger partial charge in [0.05, 0.1) is 0 Å². The summed E-state index contributed by atoms with van der Waals surface area (Å²) in [4.78, 5) is 3.45. The van der Waals surface area contributed by atoms with E-state index in [1.54, 1.807) is 17.4 Å². The number of nitrogens with zero attached hydrogens (tertiary/aromatic N) is 1. The molecule has 0 saturated carbocycles. The summed E-state index contributed by atoms with van der Waals surface area (Å²) < 4.78 is 14.0. The van der Waals surface area contributed by atoms with Crippen molar-refractivity contribution in [3.8, 4) is 0 Å². The molecular weight excluding hydrogens is 271 g/mol. The van der Waals surface area contributed by atoms with Gasteiger partial charge in [-0.1, -0.05) is 12.1 Å². The molecule has 0 amide bonds. The van der Waals surface area contributed by atoms with Crippen molar-refractivity contribution in [2.24, 2.45) is 5.73 Å². The average molecular weight is 292 g/mol. The van der Waals surface area contributed by atoms with Crippen molar-refractivity contribution in [1.82, 2.24) is 0 Å². The molecule has 0 bridgehead atoms. The number of halogens is 1. The van der Waals surface area contributed by atoms with Crippen molar-refractivity contribution in [3.05, 3.63) is 52.0 Å². The van der Waals surface area contributed by atoms with Gasteiger partial charge in [0.2, 0.25) is 0 Å². The molecule has 0 saturated heterocycles. The maximum absolute atomic E-state index is 14.0. The summed E-state index contributed by atoms with van der Waals surface area (Å²) in [6.07, 6.45) is 0.947. The predicted molar refractivity (Wildman–Crippen MR) is 84.9 cm³/mol. The highest BCUT2D eigenvalue weighted by Gasteiger charge is 2.19. The van der Waals surface area contributed by atoms with Gasteiger partial charge in [0, 0.05) is 41.7 Å². The van der Waals surface area contributed by atoms with Crippen molar-refractivity contribution < 1.29 is 4.39 Å². The molecule has 2 atom stereocenters. The third-order valence-electron chi connectivity index (χ3n) is 3.60. The predicted octanol–water partition coefficient (Wildman–Crippen LogP) is 3.97. The Morgan fingerprint density at radius 1 is 1.25 bits per heavy atom. The molecule has 2 nitrogen and oxygen atoms in total. The summed E-state index contributed by atoms with van der Waals surface area (Å²) in [7, 11) is 2.00. The molecule has 2 N–H and O–H groups in total. The molecule has 2 rings (SSSR count). The van der Waals surface area contributed by atoms with E-state index in [0.717, 1.165) is 12.1 Å². The summed E-state index contributed by atoms with van der Waals surface area (Å²) in [6, 6.07) is 9.31. The fourth-order valence-corrected chi connectivity index (χ4v) is 3.20. The van der Waals surface area contributed by atoms with Crippen LogP contribution in [0.25, 0.3) is 0 Å². The number of anilines is 1. The van der Waals surface area contributed by atoms with Crippen LogP contribution in [0.15, 0.2) is 35.7 Å². The van der Waals surface area contributed by atoms with Crippen molar-refractivity contribution >= 4 is 17.0 Å². The van der Waals surface area contributed by atoms with E-state index in [4.69, 9.17) is 5.73 Å². The van der Waals surface area contributed by atoms with Crippen LogP contribution in [0.2, 0.25) is 0 Å². The van der Waals surface area contributed by atoms with Gasteiger partial charge in [-0.2, -0.15) is 0 Å². The number of rotatable bonds is 5. The molecule has 2 aromatic rings. The van der Waals surface area contributed by atoms with Crippen LogP contribution in [-0.2, 0) is 6.42 Å². The van der Waals surface area contributed by atoms with Gasteiger partial charge in [0.15, 0.2) is 0 Å². The molecule has 0 aliphatic rings. The molecule has 0 fully saturated rings. The molecule has 1 aromatic heterocycles. The highest BCUT2D eigenvalue weighted by molar-refractivity contribution is 7.09. The van der Waals surface area contributed by atoms with Crippen LogP contribution >= 0.6 is 11.3 Å². The summed E-state index contributed by atoms with van der Waals surface area (Å²) in [5.74, 6) is -0.229. The number of benzene rings is 1. The van der Waals surface area contributed by atoms with Crippen LogP contribution in [0.1, 0.15) is 30.3 Å². The van der Waals surface area contributed by atoms with Crippen molar-refractivity contribution in [2.75, 3.05) is 11.9 Å². The Bertz CT molecular complexity index is 552. The van der Waals surface area contributed by atoms with Crippen molar-refractivity contribution in [1.29, 1.82) is 0 Å². The van der Waals surface area contributed by atoms with Gasteiger partial charge in [0.1, 0.15) is 5.82 Å². The van der Waals surface area contributed by atoms with Gasteiger partial charge in [-0.25, -0.2) is 4.39 Å². The Balaban J connectivity index is 2.24. The van der Waals surface area contributed by atoms with E-state index in [2.05, 4.69) is 29.3 Å². The van der Waals surface area contributed by atoms with Gasteiger partial charge < -0.3 is 10.6 Å². The molecule has 108 valence electrons. The van der Waals surface area contributed by atoms with Gasteiger partial charge >= 0.3 is 0 Å². The largest absolute Gasteiger partial charge is 0.371 e. The zero-order chi connectivity index (χ0) is 14.7. The smallest absolute Gasteiger partial charge is 0.130 e. The molecule has 4 heteroatoms. The standard InChI is InChI=1S/C16H21FN2S/c1-11(10-13-6-5-9-20-13)19(3)15-8-4-7-14(17)16(15)12(2)18/h4-9,11-12H,10,18H2,1-3H3/t11?,12-/m0/s1. The SMILES string of the molecule is CC(Cc1cccs1)N(C)c1cccc(F)c1[C@H](C)N. The van der Waals surface area contributed by atoms with E-state index in [1.165, 1.54) is 10.9 Å². The van der Waals surface area contributed by atoms with Gasteiger partial charge in [-0.05, 0) is 37.4 Å². The van der Waals surface area contributed by atoms with E-state index in [1.807, 2.05) is 20.0 Å². The first kappa shape index (κ1) is 15.0. The highest BCUT2D eigenvalue weighted by atomic mass is 32.1. The van der Waals surface area contributed by atoms with Gasteiger partial charge in [-0.15, -0.1) is 11.3 Å². The van der Waals surface area contributed by atoms with E-state index >= 15 is 0 Å². The first-order chi connectivity index (χ1) is 9.50. The van der Waals surface area contributed by atoms with Crippen LogP contribution in [0.5, 0.6) is 0 Å².